The predicted molar refractivity (Wildman–Crippen MR) is 112 cm³/mol. The molecule has 2 heterocycles. The van der Waals surface area contributed by atoms with Crippen LogP contribution in [0.3, 0.4) is 0 Å². The van der Waals surface area contributed by atoms with Gasteiger partial charge in [0.25, 0.3) is 5.91 Å². The SMILES string of the molecule is C[NH+]1CC[NH+]([C@@H](CNC(=O)c2ccc(CS(C)(=O)=O)cc2)c2cccs2)CC1. The van der Waals surface area contributed by atoms with Gasteiger partial charge in [-0.1, -0.05) is 18.2 Å². The smallest absolute Gasteiger partial charge is 0.251 e. The molecular weight excluding hydrogens is 394 g/mol. The van der Waals surface area contributed by atoms with Crippen molar-refractivity contribution in [1.29, 1.82) is 0 Å². The number of rotatable bonds is 7. The average molecular weight is 424 g/mol. The second-order valence-corrected chi connectivity index (χ2v) is 10.8. The van der Waals surface area contributed by atoms with Crippen molar-refractivity contribution in [2.24, 2.45) is 0 Å². The molecule has 1 aromatic carbocycles. The summed E-state index contributed by atoms with van der Waals surface area (Å²) in [6.07, 6.45) is 1.21. The molecule has 3 N–H and O–H groups in total. The number of sulfone groups is 1. The van der Waals surface area contributed by atoms with Crippen LogP contribution in [0.15, 0.2) is 41.8 Å². The van der Waals surface area contributed by atoms with E-state index in [-0.39, 0.29) is 17.7 Å². The van der Waals surface area contributed by atoms with E-state index in [2.05, 4.69) is 29.9 Å². The number of carbonyl (C=O) groups is 1. The number of thiophene rings is 1. The summed E-state index contributed by atoms with van der Waals surface area (Å²) >= 11 is 1.74. The van der Waals surface area contributed by atoms with Crippen LogP contribution < -0.4 is 15.1 Å². The highest BCUT2D eigenvalue weighted by atomic mass is 32.2. The maximum Gasteiger partial charge on any atom is 0.251 e. The van der Waals surface area contributed by atoms with E-state index < -0.39 is 9.84 Å². The molecule has 1 fully saturated rings. The molecule has 0 aliphatic carbocycles. The zero-order valence-corrected chi connectivity index (χ0v) is 18.0. The largest absolute Gasteiger partial charge is 0.346 e. The molecular formula is C20H29N3O3S2+2. The molecule has 0 saturated carbocycles. The Labute approximate surface area is 171 Å². The van der Waals surface area contributed by atoms with Crippen LogP contribution >= 0.6 is 11.3 Å². The minimum atomic E-state index is -3.08. The number of nitrogens with one attached hydrogen (secondary N) is 3. The normalized spacial score (nSPS) is 21.2. The average Bonchev–Trinajstić information content (AvgIpc) is 3.17. The Balaban J connectivity index is 1.63. The fourth-order valence-corrected chi connectivity index (χ4v) is 5.32. The second kappa shape index (κ2) is 9.17. The van der Waals surface area contributed by atoms with Crippen LogP contribution in [0.5, 0.6) is 0 Å². The molecule has 1 saturated heterocycles. The number of carbonyl (C=O) groups excluding carboxylic acids is 1. The Bertz CT molecular complexity index is 872. The quantitative estimate of drug-likeness (QED) is 0.545. The molecule has 0 bridgehead atoms. The molecule has 0 unspecified atom stereocenters. The Hall–Kier alpha value is -1.74. The molecule has 6 nitrogen and oxygen atoms in total. The van der Waals surface area contributed by atoms with E-state index in [4.69, 9.17) is 0 Å². The highest BCUT2D eigenvalue weighted by Gasteiger charge is 2.30. The fraction of sp³-hybridized carbons (Fsp3) is 0.450. The van der Waals surface area contributed by atoms with Gasteiger partial charge in [0, 0.05) is 11.8 Å². The van der Waals surface area contributed by atoms with Crippen LogP contribution in [0.2, 0.25) is 0 Å². The minimum Gasteiger partial charge on any atom is -0.346 e. The van der Waals surface area contributed by atoms with Gasteiger partial charge in [0.2, 0.25) is 0 Å². The lowest BCUT2D eigenvalue weighted by atomic mass is 10.1. The summed E-state index contributed by atoms with van der Waals surface area (Å²) in [5, 5.41) is 5.17. The van der Waals surface area contributed by atoms with E-state index in [0.717, 1.165) is 26.2 Å². The van der Waals surface area contributed by atoms with Crippen LogP contribution in [0.1, 0.15) is 26.8 Å². The summed E-state index contributed by atoms with van der Waals surface area (Å²) in [5.41, 5.74) is 1.25. The monoisotopic (exact) mass is 423 g/mol. The van der Waals surface area contributed by atoms with Crippen molar-refractivity contribution >= 4 is 27.1 Å². The Morgan fingerprint density at radius 3 is 2.39 bits per heavy atom. The Kier molecular flexibility index (Phi) is 6.87. The number of hydrogen-bond acceptors (Lipinski definition) is 4. The molecule has 8 heteroatoms. The third-order valence-electron chi connectivity index (χ3n) is 5.24. The van der Waals surface area contributed by atoms with Crippen LogP contribution in [0, 0.1) is 0 Å². The van der Waals surface area contributed by atoms with Crippen LogP contribution in [0.4, 0.5) is 0 Å². The van der Waals surface area contributed by atoms with Crippen LogP contribution in [-0.2, 0) is 15.6 Å². The van der Waals surface area contributed by atoms with E-state index in [1.807, 2.05) is 0 Å². The number of piperazine rings is 1. The molecule has 0 spiro atoms. The first-order valence-corrected chi connectivity index (χ1v) is 12.5. The Morgan fingerprint density at radius 2 is 1.82 bits per heavy atom. The highest BCUT2D eigenvalue weighted by molar-refractivity contribution is 7.89. The predicted octanol–water partition coefficient (Wildman–Crippen LogP) is -0.823. The molecule has 0 radical (unpaired) electrons. The van der Waals surface area contributed by atoms with E-state index in [1.54, 1.807) is 40.5 Å². The summed E-state index contributed by atoms with van der Waals surface area (Å²) < 4.78 is 22.8. The van der Waals surface area contributed by atoms with Gasteiger partial charge in [0.05, 0.1) is 24.2 Å². The summed E-state index contributed by atoms with van der Waals surface area (Å²) in [4.78, 5) is 17.0. The van der Waals surface area contributed by atoms with E-state index in [9.17, 15) is 13.2 Å². The molecule has 1 atom stereocenters. The van der Waals surface area contributed by atoms with E-state index in [0.29, 0.717) is 17.7 Å². The summed E-state index contributed by atoms with van der Waals surface area (Å²) in [7, 11) is -0.849. The van der Waals surface area contributed by atoms with Gasteiger partial charge < -0.3 is 15.1 Å². The number of amides is 1. The first kappa shape index (κ1) is 21.0. The number of likely N-dealkylation sites (N-methyl/N-ethyl adjacent to an activating group) is 1. The maximum absolute atomic E-state index is 12.6. The molecule has 152 valence electrons. The van der Waals surface area contributed by atoms with Crippen molar-refractivity contribution < 1.29 is 23.0 Å². The number of hydrogen-bond donors (Lipinski definition) is 3. The zero-order valence-electron chi connectivity index (χ0n) is 16.4. The summed E-state index contributed by atoms with van der Waals surface area (Å²) in [6, 6.07) is 11.3. The molecule has 1 aromatic heterocycles. The number of benzene rings is 1. The van der Waals surface area contributed by atoms with Crippen LogP contribution in [-0.4, -0.2) is 60.4 Å². The first-order valence-electron chi connectivity index (χ1n) is 9.56. The molecule has 1 amide bonds. The fourth-order valence-electron chi connectivity index (χ4n) is 3.63. The highest BCUT2D eigenvalue weighted by Crippen LogP contribution is 2.16. The Morgan fingerprint density at radius 1 is 1.14 bits per heavy atom. The zero-order chi connectivity index (χ0) is 20.1. The van der Waals surface area contributed by atoms with Crippen molar-refractivity contribution in [3.8, 4) is 0 Å². The lowest BCUT2D eigenvalue weighted by Gasteiger charge is -2.33. The molecule has 28 heavy (non-hydrogen) atoms. The van der Waals surface area contributed by atoms with Gasteiger partial charge in [0.1, 0.15) is 32.2 Å². The molecule has 3 rings (SSSR count). The van der Waals surface area contributed by atoms with Crippen molar-refractivity contribution in [2.75, 3.05) is 46.0 Å². The van der Waals surface area contributed by atoms with Gasteiger partial charge >= 0.3 is 0 Å². The molecule has 1 aliphatic rings. The van der Waals surface area contributed by atoms with Crippen molar-refractivity contribution in [1.82, 2.24) is 5.32 Å². The van der Waals surface area contributed by atoms with Gasteiger partial charge in [-0.2, -0.15) is 0 Å². The minimum absolute atomic E-state index is 0.00982. The lowest BCUT2D eigenvalue weighted by molar-refractivity contribution is -1.02. The lowest BCUT2D eigenvalue weighted by Crippen LogP contribution is -3.27. The van der Waals surface area contributed by atoms with Crippen molar-refractivity contribution in [3.63, 3.8) is 0 Å². The van der Waals surface area contributed by atoms with Gasteiger partial charge in [0.15, 0.2) is 9.84 Å². The number of quaternary nitrogens is 2. The van der Waals surface area contributed by atoms with E-state index >= 15 is 0 Å². The van der Waals surface area contributed by atoms with Gasteiger partial charge in [-0.15, -0.1) is 11.3 Å². The second-order valence-electron chi connectivity index (χ2n) is 7.66. The van der Waals surface area contributed by atoms with Gasteiger partial charge in [-0.05, 0) is 29.1 Å². The molecule has 1 aliphatic heterocycles. The van der Waals surface area contributed by atoms with Gasteiger partial charge in [-0.25, -0.2) is 8.42 Å². The standard InChI is InChI=1S/C20H27N3O3S2/c1-22-9-11-23(12-10-22)18(19-4-3-13-27-19)14-21-20(24)17-7-5-16(6-8-17)15-28(2,25)26/h3-8,13,18H,9-12,14-15H2,1-2H3,(H,21,24)/p+2/t18-/m0/s1. The van der Waals surface area contributed by atoms with Gasteiger partial charge in [-0.3, -0.25) is 4.79 Å². The third kappa shape index (κ3) is 5.88. The van der Waals surface area contributed by atoms with Crippen molar-refractivity contribution in [3.05, 3.63) is 57.8 Å². The van der Waals surface area contributed by atoms with E-state index in [1.165, 1.54) is 16.0 Å². The van der Waals surface area contributed by atoms with Crippen molar-refractivity contribution in [2.45, 2.75) is 11.8 Å². The third-order valence-corrected chi connectivity index (χ3v) is 7.08. The topological polar surface area (TPSA) is 72.1 Å². The van der Waals surface area contributed by atoms with Crippen LogP contribution in [0.25, 0.3) is 0 Å². The summed E-state index contributed by atoms with van der Waals surface area (Å²) in [5.74, 6) is -0.129. The first-order chi connectivity index (χ1) is 13.3. The molecule has 2 aromatic rings. The summed E-state index contributed by atoms with van der Waals surface area (Å²) in [6.45, 7) is 5.09. The maximum atomic E-state index is 12.6.